The number of rotatable bonds is 0. The average Bonchev–Trinajstić information content (AvgIpc) is 1.97. The molecule has 0 heterocycles. The van der Waals surface area contributed by atoms with Crippen LogP contribution in [0.4, 0.5) is 0 Å². The summed E-state index contributed by atoms with van der Waals surface area (Å²) in [5, 5.41) is 9.88. The van der Waals surface area contributed by atoms with E-state index in [9.17, 15) is 5.11 Å². The van der Waals surface area contributed by atoms with Crippen LogP contribution in [0, 0.1) is 23.7 Å². The highest BCUT2D eigenvalue weighted by atomic mass is 16.3. The van der Waals surface area contributed by atoms with Crippen LogP contribution in [-0.2, 0) is 0 Å². The maximum Gasteiger partial charge on any atom is 0.0653 e. The van der Waals surface area contributed by atoms with Crippen LogP contribution in [0.2, 0.25) is 0 Å². The minimum Gasteiger partial charge on any atom is -0.390 e. The van der Waals surface area contributed by atoms with Crippen LogP contribution in [0.25, 0.3) is 0 Å². The van der Waals surface area contributed by atoms with Crippen LogP contribution >= 0.6 is 0 Å². The zero-order valence-corrected chi connectivity index (χ0v) is 6.38. The maximum absolute atomic E-state index is 9.88. The second kappa shape index (κ2) is 1.29. The van der Waals surface area contributed by atoms with Crippen LogP contribution in [0.15, 0.2) is 0 Å². The van der Waals surface area contributed by atoms with Gasteiger partial charge in [-0.15, -0.1) is 0 Å². The topological polar surface area (TPSA) is 20.2 Å². The molecule has 3 aliphatic rings. The summed E-state index contributed by atoms with van der Waals surface area (Å²) in [4.78, 5) is 0. The normalized spacial score (nSPS) is 70.2. The lowest BCUT2D eigenvalue weighted by atomic mass is 9.51. The van der Waals surface area contributed by atoms with Crippen molar-refractivity contribution in [1.82, 2.24) is 0 Å². The van der Waals surface area contributed by atoms with Crippen molar-refractivity contribution in [1.29, 1.82) is 0 Å². The molecule has 1 N–H and O–H groups in total. The first-order valence-electron chi connectivity index (χ1n) is 4.41. The summed E-state index contributed by atoms with van der Waals surface area (Å²) in [5.41, 5.74) is -0.275. The molecule has 5 atom stereocenters. The van der Waals surface area contributed by atoms with E-state index in [-0.39, 0.29) is 5.60 Å². The Morgan fingerprint density at radius 1 is 1.30 bits per heavy atom. The minimum absolute atomic E-state index is 0.275. The van der Waals surface area contributed by atoms with Gasteiger partial charge in [0.2, 0.25) is 0 Å². The summed E-state index contributed by atoms with van der Waals surface area (Å²) in [7, 11) is 0. The van der Waals surface area contributed by atoms with E-state index in [2.05, 4.69) is 0 Å². The Hall–Kier alpha value is -0.0400. The van der Waals surface area contributed by atoms with Gasteiger partial charge >= 0.3 is 0 Å². The molecule has 0 aliphatic heterocycles. The molecule has 3 fully saturated rings. The highest BCUT2D eigenvalue weighted by Gasteiger charge is 2.65. The molecular formula is C9H14O. The Morgan fingerprint density at radius 2 is 2.10 bits per heavy atom. The molecule has 10 heavy (non-hydrogen) atoms. The van der Waals surface area contributed by atoms with Crippen molar-refractivity contribution in [3.8, 4) is 0 Å². The Balaban J connectivity index is 1.95. The quantitative estimate of drug-likeness (QED) is 0.536. The van der Waals surface area contributed by atoms with E-state index in [0.29, 0.717) is 5.92 Å². The molecule has 3 rings (SSSR count). The summed E-state index contributed by atoms with van der Waals surface area (Å²) in [6.45, 7) is 2.03. The second-order valence-electron chi connectivity index (χ2n) is 4.74. The first-order chi connectivity index (χ1) is 4.68. The van der Waals surface area contributed by atoms with Gasteiger partial charge in [0.25, 0.3) is 0 Å². The third-order valence-electron chi connectivity index (χ3n) is 4.19. The monoisotopic (exact) mass is 138 g/mol. The van der Waals surface area contributed by atoms with Gasteiger partial charge in [-0.2, -0.15) is 0 Å². The van der Waals surface area contributed by atoms with Gasteiger partial charge in [-0.1, -0.05) is 0 Å². The third-order valence-corrected chi connectivity index (χ3v) is 4.19. The van der Waals surface area contributed by atoms with Gasteiger partial charge in [-0.05, 0) is 49.9 Å². The molecule has 0 aromatic heterocycles. The third kappa shape index (κ3) is 0.402. The van der Waals surface area contributed by atoms with E-state index < -0.39 is 0 Å². The summed E-state index contributed by atoms with van der Waals surface area (Å²) < 4.78 is 0. The van der Waals surface area contributed by atoms with E-state index >= 15 is 0 Å². The first kappa shape index (κ1) is 5.59. The van der Waals surface area contributed by atoms with Crippen LogP contribution < -0.4 is 0 Å². The number of aliphatic hydroxyl groups is 1. The minimum atomic E-state index is -0.275. The molecule has 0 bridgehead atoms. The molecule has 3 saturated carbocycles. The molecule has 1 heteroatoms. The zero-order chi connectivity index (χ0) is 6.93. The Morgan fingerprint density at radius 3 is 2.60 bits per heavy atom. The Labute approximate surface area is 61.4 Å². The fourth-order valence-corrected chi connectivity index (χ4v) is 3.66. The lowest BCUT2D eigenvalue weighted by Gasteiger charge is -2.54. The van der Waals surface area contributed by atoms with E-state index in [4.69, 9.17) is 0 Å². The molecule has 0 saturated heterocycles. The standard InChI is InChI=1S/C9H14O/c1-9(10)4-6-2-5-3-7(9)8(5)6/h5-8,10H,2-4H2,1H3. The fraction of sp³-hybridized carbons (Fsp3) is 1.00. The lowest BCUT2D eigenvalue weighted by molar-refractivity contribution is -0.0922. The first-order valence-corrected chi connectivity index (χ1v) is 4.41. The van der Waals surface area contributed by atoms with E-state index in [1.807, 2.05) is 6.92 Å². The molecule has 1 nitrogen and oxygen atoms in total. The van der Waals surface area contributed by atoms with E-state index in [1.54, 1.807) is 0 Å². The van der Waals surface area contributed by atoms with Crippen molar-refractivity contribution in [2.45, 2.75) is 31.8 Å². The van der Waals surface area contributed by atoms with Crippen LogP contribution in [0.5, 0.6) is 0 Å². The van der Waals surface area contributed by atoms with Crippen LogP contribution in [0.3, 0.4) is 0 Å². The van der Waals surface area contributed by atoms with Crippen molar-refractivity contribution >= 4 is 0 Å². The highest BCUT2D eigenvalue weighted by Crippen LogP contribution is 2.68. The van der Waals surface area contributed by atoms with Gasteiger partial charge in [0, 0.05) is 0 Å². The molecule has 0 aromatic carbocycles. The van der Waals surface area contributed by atoms with Gasteiger partial charge in [0.1, 0.15) is 0 Å². The molecule has 3 aliphatic carbocycles. The maximum atomic E-state index is 9.88. The van der Waals surface area contributed by atoms with Gasteiger partial charge < -0.3 is 5.11 Å². The lowest BCUT2D eigenvalue weighted by Crippen LogP contribution is -2.49. The molecule has 0 spiro atoms. The molecule has 0 aromatic rings. The SMILES string of the molecule is CC1(O)CC2CC3CC1C32. The fourth-order valence-electron chi connectivity index (χ4n) is 3.66. The smallest absolute Gasteiger partial charge is 0.0653 e. The van der Waals surface area contributed by atoms with Crippen molar-refractivity contribution in [2.24, 2.45) is 23.7 Å². The Bertz CT molecular complexity index is 185. The molecular weight excluding hydrogens is 124 g/mol. The Kier molecular flexibility index (Phi) is 0.722. The predicted octanol–water partition coefficient (Wildman–Crippen LogP) is 1.41. The number of hydrogen-bond donors (Lipinski definition) is 1. The summed E-state index contributed by atoms with van der Waals surface area (Å²) in [5.74, 6) is 3.59. The van der Waals surface area contributed by atoms with Crippen LogP contribution in [-0.4, -0.2) is 10.7 Å². The van der Waals surface area contributed by atoms with E-state index in [1.165, 1.54) is 12.8 Å². The van der Waals surface area contributed by atoms with Gasteiger partial charge in [0.05, 0.1) is 5.60 Å². The largest absolute Gasteiger partial charge is 0.390 e. The van der Waals surface area contributed by atoms with Gasteiger partial charge in [-0.25, -0.2) is 0 Å². The summed E-state index contributed by atoms with van der Waals surface area (Å²) >= 11 is 0. The van der Waals surface area contributed by atoms with Gasteiger partial charge in [0.15, 0.2) is 0 Å². The van der Waals surface area contributed by atoms with Crippen molar-refractivity contribution in [3.63, 3.8) is 0 Å². The number of hydrogen-bond acceptors (Lipinski definition) is 1. The average molecular weight is 138 g/mol. The predicted molar refractivity (Wildman–Crippen MR) is 38.4 cm³/mol. The summed E-state index contributed by atoms with van der Waals surface area (Å²) in [6, 6.07) is 0. The molecule has 0 amide bonds. The zero-order valence-electron chi connectivity index (χ0n) is 6.38. The van der Waals surface area contributed by atoms with Crippen molar-refractivity contribution in [2.75, 3.05) is 0 Å². The molecule has 56 valence electrons. The van der Waals surface area contributed by atoms with Crippen LogP contribution in [0.1, 0.15) is 26.2 Å². The van der Waals surface area contributed by atoms with Crippen molar-refractivity contribution in [3.05, 3.63) is 0 Å². The highest BCUT2D eigenvalue weighted by molar-refractivity contribution is 5.14. The molecule has 0 radical (unpaired) electrons. The summed E-state index contributed by atoms with van der Waals surface area (Å²) in [6.07, 6.45) is 3.85. The molecule has 5 unspecified atom stereocenters. The van der Waals surface area contributed by atoms with Crippen molar-refractivity contribution < 1.29 is 5.11 Å². The van der Waals surface area contributed by atoms with Gasteiger partial charge in [-0.3, -0.25) is 0 Å². The second-order valence-corrected chi connectivity index (χ2v) is 4.74. The van der Waals surface area contributed by atoms with E-state index in [0.717, 1.165) is 24.2 Å².